The van der Waals surface area contributed by atoms with E-state index in [4.69, 9.17) is 0 Å². The number of rotatable bonds is 6. The highest BCUT2D eigenvalue weighted by Crippen LogP contribution is 2.19. The maximum Gasteiger partial charge on any atom is 0.315 e. The number of carbonyl (C=O) groups is 1. The number of piperidine rings is 1. The Bertz CT molecular complexity index is 518. The lowest BCUT2D eigenvalue weighted by molar-refractivity contribution is 0.0587. The van der Waals surface area contributed by atoms with Crippen LogP contribution in [0.25, 0.3) is 0 Å². The Morgan fingerprint density at radius 1 is 1.33 bits per heavy atom. The summed E-state index contributed by atoms with van der Waals surface area (Å²) in [6.45, 7) is 2.63. The number of nitrogens with zero attached hydrogens (tertiary/aromatic N) is 1. The van der Waals surface area contributed by atoms with E-state index in [1.165, 1.54) is 0 Å². The van der Waals surface area contributed by atoms with Crippen LogP contribution in [0.4, 0.5) is 13.6 Å². The minimum absolute atomic E-state index is 0.0272. The van der Waals surface area contributed by atoms with E-state index in [0.29, 0.717) is 25.9 Å². The lowest BCUT2D eigenvalue weighted by atomic mass is 9.96. The molecule has 1 aliphatic rings. The van der Waals surface area contributed by atoms with E-state index >= 15 is 0 Å². The summed E-state index contributed by atoms with van der Waals surface area (Å²) in [5, 5.41) is 16.0. The number of urea groups is 1. The molecule has 1 atom stereocenters. The molecule has 2 rings (SSSR count). The van der Waals surface area contributed by atoms with E-state index in [9.17, 15) is 18.7 Å². The quantitative estimate of drug-likeness (QED) is 0.741. The molecule has 1 aromatic carbocycles. The third-order valence-electron chi connectivity index (χ3n) is 4.31. The van der Waals surface area contributed by atoms with Crippen LogP contribution in [-0.4, -0.2) is 54.7 Å². The van der Waals surface area contributed by atoms with Gasteiger partial charge in [-0.2, -0.15) is 0 Å². The number of halogens is 2. The largest absolute Gasteiger partial charge is 0.384 e. The van der Waals surface area contributed by atoms with E-state index in [2.05, 4.69) is 10.6 Å². The van der Waals surface area contributed by atoms with Crippen LogP contribution in [0.5, 0.6) is 0 Å². The predicted octanol–water partition coefficient (Wildman–Crippen LogP) is 1.92. The van der Waals surface area contributed by atoms with Gasteiger partial charge in [0.05, 0.1) is 13.1 Å². The molecule has 134 valence electrons. The molecule has 1 heterocycles. The molecule has 1 aromatic rings. The molecule has 0 aliphatic carbocycles. The summed E-state index contributed by atoms with van der Waals surface area (Å²) in [5.74, 6) is 0. The van der Waals surface area contributed by atoms with Gasteiger partial charge in [-0.1, -0.05) is 30.3 Å². The molecule has 0 spiro atoms. The predicted molar refractivity (Wildman–Crippen MR) is 88.0 cm³/mol. The van der Waals surface area contributed by atoms with Crippen molar-refractivity contribution < 1.29 is 18.7 Å². The standard InChI is InChI=1S/C17H25F2N3O2/c1-17(24,13-5-3-2-4-6-13)12-20-16(23)21-14-7-9-22(10-8-14)11-15(18)19/h2-6,14-15,24H,7-12H2,1H3,(H2,20,21,23)/t17-/m1/s1. The monoisotopic (exact) mass is 341 g/mol. The van der Waals surface area contributed by atoms with E-state index in [-0.39, 0.29) is 25.2 Å². The van der Waals surface area contributed by atoms with Gasteiger partial charge >= 0.3 is 6.03 Å². The van der Waals surface area contributed by atoms with Crippen LogP contribution in [0.1, 0.15) is 25.3 Å². The smallest absolute Gasteiger partial charge is 0.315 e. The first-order chi connectivity index (χ1) is 11.4. The Morgan fingerprint density at radius 2 is 1.96 bits per heavy atom. The second kappa shape index (κ2) is 8.39. The lowest BCUT2D eigenvalue weighted by Crippen LogP contribution is -2.50. The summed E-state index contributed by atoms with van der Waals surface area (Å²) in [5.41, 5.74) is -0.426. The van der Waals surface area contributed by atoms with Crippen LogP contribution < -0.4 is 10.6 Å². The fraction of sp³-hybridized carbons (Fsp3) is 0.588. The SMILES string of the molecule is C[C@@](O)(CNC(=O)NC1CCN(CC(F)F)CC1)c1ccccc1. The molecule has 1 saturated heterocycles. The van der Waals surface area contributed by atoms with Crippen molar-refractivity contribution in [2.75, 3.05) is 26.2 Å². The van der Waals surface area contributed by atoms with Crippen LogP contribution >= 0.6 is 0 Å². The van der Waals surface area contributed by atoms with Gasteiger partial charge in [0.15, 0.2) is 0 Å². The molecule has 1 fully saturated rings. The van der Waals surface area contributed by atoms with Gasteiger partial charge in [0, 0.05) is 19.1 Å². The molecule has 0 aromatic heterocycles. The number of aliphatic hydroxyl groups is 1. The van der Waals surface area contributed by atoms with Crippen molar-refractivity contribution in [1.29, 1.82) is 0 Å². The van der Waals surface area contributed by atoms with Gasteiger partial charge in [-0.15, -0.1) is 0 Å². The average Bonchev–Trinajstić information content (AvgIpc) is 2.55. The molecule has 5 nitrogen and oxygen atoms in total. The van der Waals surface area contributed by atoms with Gasteiger partial charge in [0.1, 0.15) is 5.60 Å². The highest BCUT2D eigenvalue weighted by atomic mass is 19.3. The number of benzene rings is 1. The van der Waals surface area contributed by atoms with Crippen LogP contribution in [0.15, 0.2) is 30.3 Å². The van der Waals surface area contributed by atoms with E-state index in [1.54, 1.807) is 24.0 Å². The van der Waals surface area contributed by atoms with Crippen molar-refractivity contribution >= 4 is 6.03 Å². The van der Waals surface area contributed by atoms with Crippen molar-refractivity contribution in [1.82, 2.24) is 15.5 Å². The zero-order valence-corrected chi connectivity index (χ0v) is 13.8. The summed E-state index contributed by atoms with van der Waals surface area (Å²) >= 11 is 0. The first kappa shape index (κ1) is 18.6. The molecule has 0 radical (unpaired) electrons. The third kappa shape index (κ3) is 5.72. The summed E-state index contributed by atoms with van der Waals surface area (Å²) in [7, 11) is 0. The molecule has 0 bridgehead atoms. The molecular formula is C17H25F2N3O2. The van der Waals surface area contributed by atoms with E-state index < -0.39 is 12.0 Å². The second-order valence-electron chi connectivity index (χ2n) is 6.43. The third-order valence-corrected chi connectivity index (χ3v) is 4.31. The minimum Gasteiger partial charge on any atom is -0.384 e. The van der Waals surface area contributed by atoms with Crippen LogP contribution in [-0.2, 0) is 5.60 Å². The Hall–Kier alpha value is -1.73. The van der Waals surface area contributed by atoms with Gasteiger partial charge < -0.3 is 15.7 Å². The minimum atomic E-state index is -2.32. The Balaban J connectivity index is 1.72. The van der Waals surface area contributed by atoms with Crippen molar-refractivity contribution in [3.63, 3.8) is 0 Å². The van der Waals surface area contributed by atoms with E-state index in [1.807, 2.05) is 18.2 Å². The summed E-state index contributed by atoms with van der Waals surface area (Å²) in [6.07, 6.45) is -1.03. The molecule has 24 heavy (non-hydrogen) atoms. The zero-order valence-electron chi connectivity index (χ0n) is 13.8. The van der Waals surface area contributed by atoms with Gasteiger partial charge in [0.2, 0.25) is 0 Å². The van der Waals surface area contributed by atoms with Crippen molar-refractivity contribution in [3.05, 3.63) is 35.9 Å². The van der Waals surface area contributed by atoms with Crippen molar-refractivity contribution in [2.24, 2.45) is 0 Å². The van der Waals surface area contributed by atoms with Crippen molar-refractivity contribution in [2.45, 2.75) is 37.8 Å². The molecule has 2 amide bonds. The van der Waals surface area contributed by atoms with Crippen LogP contribution in [0, 0.1) is 0 Å². The number of hydrogen-bond donors (Lipinski definition) is 3. The fourth-order valence-electron chi connectivity index (χ4n) is 2.84. The maximum absolute atomic E-state index is 12.3. The molecular weight excluding hydrogens is 316 g/mol. The van der Waals surface area contributed by atoms with Gasteiger partial charge in [0.25, 0.3) is 6.43 Å². The number of likely N-dealkylation sites (tertiary alicyclic amines) is 1. The lowest BCUT2D eigenvalue weighted by Gasteiger charge is -2.32. The molecule has 0 saturated carbocycles. The maximum atomic E-state index is 12.3. The first-order valence-electron chi connectivity index (χ1n) is 8.19. The fourth-order valence-corrected chi connectivity index (χ4v) is 2.84. The normalized spacial score (nSPS) is 19.0. The van der Waals surface area contributed by atoms with Crippen LogP contribution in [0.2, 0.25) is 0 Å². The molecule has 1 aliphatic heterocycles. The Labute approximate surface area is 141 Å². The zero-order chi connectivity index (χ0) is 17.6. The van der Waals surface area contributed by atoms with Crippen LogP contribution in [0.3, 0.4) is 0 Å². The molecule has 0 unspecified atom stereocenters. The Kier molecular flexibility index (Phi) is 6.51. The van der Waals surface area contributed by atoms with Crippen molar-refractivity contribution in [3.8, 4) is 0 Å². The summed E-state index contributed by atoms with van der Waals surface area (Å²) in [6, 6.07) is 8.75. The van der Waals surface area contributed by atoms with Gasteiger partial charge in [-0.05, 0) is 25.3 Å². The number of nitrogens with one attached hydrogen (secondary N) is 2. The molecule has 7 heteroatoms. The highest BCUT2D eigenvalue weighted by Gasteiger charge is 2.25. The number of carbonyl (C=O) groups excluding carboxylic acids is 1. The summed E-state index contributed by atoms with van der Waals surface area (Å²) < 4.78 is 24.7. The molecule has 3 N–H and O–H groups in total. The van der Waals surface area contributed by atoms with E-state index in [0.717, 1.165) is 5.56 Å². The Morgan fingerprint density at radius 3 is 2.54 bits per heavy atom. The number of hydrogen-bond acceptors (Lipinski definition) is 3. The summed E-state index contributed by atoms with van der Waals surface area (Å²) in [4.78, 5) is 13.7. The van der Waals surface area contributed by atoms with Gasteiger partial charge in [-0.3, -0.25) is 4.90 Å². The first-order valence-corrected chi connectivity index (χ1v) is 8.19. The number of amides is 2. The topological polar surface area (TPSA) is 64.6 Å². The highest BCUT2D eigenvalue weighted by molar-refractivity contribution is 5.74. The second-order valence-corrected chi connectivity index (χ2v) is 6.43. The average molecular weight is 341 g/mol. The van der Waals surface area contributed by atoms with Gasteiger partial charge in [-0.25, -0.2) is 13.6 Å². The number of alkyl halides is 2.